The first kappa shape index (κ1) is 9.27. The van der Waals surface area contributed by atoms with Crippen molar-refractivity contribution in [3.8, 4) is 5.69 Å². The molecule has 0 bridgehead atoms. The summed E-state index contributed by atoms with van der Waals surface area (Å²) in [5.74, 6) is 0. The Bertz CT molecular complexity index is 462. The van der Waals surface area contributed by atoms with Gasteiger partial charge in [0.2, 0.25) is 0 Å². The standard InChI is InChI=1S/C10H10BrN3/c1-7-3-2-4-8(5-7)14-10(11)9(12)6-13-14/h2-6H,12H2,1H3. The smallest absolute Gasteiger partial charge is 0.132 e. The van der Waals surface area contributed by atoms with Crippen molar-refractivity contribution in [3.63, 3.8) is 0 Å². The third-order valence-electron chi connectivity index (χ3n) is 1.98. The van der Waals surface area contributed by atoms with Crippen LogP contribution >= 0.6 is 15.9 Å². The Balaban J connectivity index is 2.55. The Hall–Kier alpha value is -1.29. The molecule has 0 saturated heterocycles. The molecule has 2 N–H and O–H groups in total. The molecule has 0 spiro atoms. The molecule has 2 rings (SSSR count). The zero-order chi connectivity index (χ0) is 10.1. The lowest BCUT2D eigenvalue weighted by atomic mass is 10.2. The third-order valence-corrected chi connectivity index (χ3v) is 2.78. The van der Waals surface area contributed by atoms with Crippen LogP contribution in [0.25, 0.3) is 5.69 Å². The summed E-state index contributed by atoms with van der Waals surface area (Å²) in [7, 11) is 0. The summed E-state index contributed by atoms with van der Waals surface area (Å²) in [4.78, 5) is 0. The molecular formula is C10H10BrN3. The number of benzene rings is 1. The maximum Gasteiger partial charge on any atom is 0.132 e. The molecule has 0 aliphatic rings. The van der Waals surface area contributed by atoms with E-state index in [4.69, 9.17) is 5.73 Å². The fourth-order valence-corrected chi connectivity index (χ4v) is 1.68. The Morgan fingerprint density at radius 2 is 2.21 bits per heavy atom. The van der Waals surface area contributed by atoms with Crippen LogP contribution in [-0.4, -0.2) is 9.78 Å². The molecule has 0 saturated carbocycles. The highest BCUT2D eigenvalue weighted by Crippen LogP contribution is 2.22. The Kier molecular flexibility index (Phi) is 2.29. The molecule has 1 aromatic carbocycles. The highest BCUT2D eigenvalue weighted by atomic mass is 79.9. The van der Waals surface area contributed by atoms with Crippen LogP contribution in [0.4, 0.5) is 5.69 Å². The number of halogens is 1. The molecule has 1 heterocycles. The number of anilines is 1. The van der Waals surface area contributed by atoms with Gasteiger partial charge in [-0.2, -0.15) is 5.10 Å². The van der Waals surface area contributed by atoms with E-state index in [9.17, 15) is 0 Å². The predicted octanol–water partition coefficient (Wildman–Crippen LogP) is 2.53. The van der Waals surface area contributed by atoms with Crippen LogP contribution in [0.5, 0.6) is 0 Å². The van der Waals surface area contributed by atoms with Crippen molar-refractivity contribution in [2.75, 3.05) is 5.73 Å². The number of hydrogen-bond donors (Lipinski definition) is 1. The fraction of sp³-hybridized carbons (Fsp3) is 0.100. The summed E-state index contributed by atoms with van der Waals surface area (Å²) in [5.41, 5.74) is 8.54. The van der Waals surface area contributed by atoms with Gasteiger partial charge in [-0.1, -0.05) is 12.1 Å². The lowest BCUT2D eigenvalue weighted by molar-refractivity contribution is 0.860. The largest absolute Gasteiger partial charge is 0.395 e. The highest BCUT2D eigenvalue weighted by molar-refractivity contribution is 9.10. The molecule has 3 nitrogen and oxygen atoms in total. The minimum Gasteiger partial charge on any atom is -0.395 e. The van der Waals surface area contributed by atoms with E-state index in [0.29, 0.717) is 5.69 Å². The van der Waals surface area contributed by atoms with Gasteiger partial charge in [0.05, 0.1) is 17.6 Å². The van der Waals surface area contributed by atoms with Gasteiger partial charge in [-0.3, -0.25) is 0 Å². The van der Waals surface area contributed by atoms with E-state index in [1.807, 2.05) is 25.1 Å². The molecule has 14 heavy (non-hydrogen) atoms. The van der Waals surface area contributed by atoms with Gasteiger partial charge in [-0.05, 0) is 40.5 Å². The summed E-state index contributed by atoms with van der Waals surface area (Å²) in [5, 5.41) is 4.17. The highest BCUT2D eigenvalue weighted by Gasteiger charge is 2.05. The number of rotatable bonds is 1. The molecule has 0 aliphatic heterocycles. The maximum absolute atomic E-state index is 5.69. The SMILES string of the molecule is Cc1cccc(-n2ncc(N)c2Br)c1. The summed E-state index contributed by atoms with van der Waals surface area (Å²) < 4.78 is 2.56. The Morgan fingerprint density at radius 3 is 2.79 bits per heavy atom. The summed E-state index contributed by atoms with van der Waals surface area (Å²) >= 11 is 3.39. The molecule has 2 aromatic rings. The molecule has 4 heteroatoms. The van der Waals surface area contributed by atoms with E-state index < -0.39 is 0 Å². The molecule has 0 unspecified atom stereocenters. The predicted molar refractivity (Wildman–Crippen MR) is 60.4 cm³/mol. The first-order valence-corrected chi connectivity index (χ1v) is 5.04. The van der Waals surface area contributed by atoms with E-state index in [0.717, 1.165) is 10.3 Å². The lowest BCUT2D eigenvalue weighted by Crippen LogP contribution is -1.96. The van der Waals surface area contributed by atoms with Crippen molar-refractivity contribution in [3.05, 3.63) is 40.6 Å². The van der Waals surface area contributed by atoms with Gasteiger partial charge in [0.25, 0.3) is 0 Å². The summed E-state index contributed by atoms with van der Waals surface area (Å²) in [6.45, 7) is 2.05. The van der Waals surface area contributed by atoms with E-state index >= 15 is 0 Å². The van der Waals surface area contributed by atoms with Crippen molar-refractivity contribution in [1.82, 2.24) is 9.78 Å². The third kappa shape index (κ3) is 1.53. The number of aryl methyl sites for hydroxylation is 1. The van der Waals surface area contributed by atoms with Gasteiger partial charge in [-0.15, -0.1) is 0 Å². The van der Waals surface area contributed by atoms with Crippen molar-refractivity contribution in [2.24, 2.45) is 0 Å². The number of hydrogen-bond acceptors (Lipinski definition) is 2. The van der Waals surface area contributed by atoms with E-state index in [1.54, 1.807) is 10.9 Å². The number of aromatic nitrogens is 2. The topological polar surface area (TPSA) is 43.8 Å². The molecule has 0 amide bonds. The second kappa shape index (κ2) is 3.46. The molecular weight excluding hydrogens is 242 g/mol. The van der Waals surface area contributed by atoms with E-state index in [2.05, 4.69) is 27.1 Å². The molecule has 0 aliphatic carbocycles. The minimum atomic E-state index is 0.645. The monoisotopic (exact) mass is 251 g/mol. The van der Waals surface area contributed by atoms with Crippen LogP contribution in [0.15, 0.2) is 35.1 Å². The second-order valence-electron chi connectivity index (χ2n) is 3.14. The van der Waals surface area contributed by atoms with Gasteiger partial charge in [0.1, 0.15) is 4.60 Å². The van der Waals surface area contributed by atoms with Crippen LogP contribution in [-0.2, 0) is 0 Å². The Morgan fingerprint density at radius 1 is 1.43 bits per heavy atom. The zero-order valence-corrected chi connectivity index (χ0v) is 9.32. The molecule has 72 valence electrons. The van der Waals surface area contributed by atoms with Gasteiger partial charge in [0.15, 0.2) is 0 Å². The average molecular weight is 252 g/mol. The van der Waals surface area contributed by atoms with Gasteiger partial charge in [-0.25, -0.2) is 4.68 Å². The Labute approximate surface area is 90.7 Å². The molecule has 0 fully saturated rings. The van der Waals surface area contributed by atoms with Crippen molar-refractivity contribution in [2.45, 2.75) is 6.92 Å². The first-order chi connectivity index (χ1) is 6.68. The van der Waals surface area contributed by atoms with Crippen molar-refractivity contribution < 1.29 is 0 Å². The lowest BCUT2D eigenvalue weighted by Gasteiger charge is -2.03. The van der Waals surface area contributed by atoms with Crippen LogP contribution in [0.2, 0.25) is 0 Å². The molecule has 0 radical (unpaired) electrons. The number of nitrogen functional groups attached to an aromatic ring is 1. The summed E-state index contributed by atoms with van der Waals surface area (Å²) in [6, 6.07) is 8.08. The maximum atomic E-state index is 5.69. The van der Waals surface area contributed by atoms with Gasteiger partial charge < -0.3 is 5.73 Å². The molecule has 1 aromatic heterocycles. The van der Waals surface area contributed by atoms with Crippen LogP contribution in [0.3, 0.4) is 0 Å². The van der Waals surface area contributed by atoms with Crippen molar-refractivity contribution in [1.29, 1.82) is 0 Å². The van der Waals surface area contributed by atoms with Gasteiger partial charge >= 0.3 is 0 Å². The van der Waals surface area contributed by atoms with Gasteiger partial charge in [0, 0.05) is 0 Å². The van der Waals surface area contributed by atoms with Crippen molar-refractivity contribution >= 4 is 21.6 Å². The van der Waals surface area contributed by atoms with E-state index in [-0.39, 0.29) is 0 Å². The van der Waals surface area contributed by atoms with Crippen LogP contribution < -0.4 is 5.73 Å². The quantitative estimate of drug-likeness (QED) is 0.847. The average Bonchev–Trinajstić information content (AvgIpc) is 2.48. The van der Waals surface area contributed by atoms with E-state index in [1.165, 1.54) is 5.56 Å². The zero-order valence-electron chi connectivity index (χ0n) is 7.74. The number of nitrogens with two attached hydrogens (primary N) is 1. The van der Waals surface area contributed by atoms with Crippen LogP contribution in [0.1, 0.15) is 5.56 Å². The molecule has 0 atom stereocenters. The second-order valence-corrected chi connectivity index (χ2v) is 3.89. The van der Waals surface area contributed by atoms with Crippen LogP contribution in [0, 0.1) is 6.92 Å². The fourth-order valence-electron chi connectivity index (χ4n) is 1.29. The minimum absolute atomic E-state index is 0.645. The summed E-state index contributed by atoms with van der Waals surface area (Å²) in [6.07, 6.45) is 1.63. The normalized spacial score (nSPS) is 10.4. The first-order valence-electron chi connectivity index (χ1n) is 4.24. The number of nitrogens with zero attached hydrogens (tertiary/aromatic N) is 2.